The Morgan fingerprint density at radius 1 is 1.53 bits per heavy atom. The van der Waals surface area contributed by atoms with E-state index in [-0.39, 0.29) is 0 Å². The van der Waals surface area contributed by atoms with Gasteiger partial charge in [0.25, 0.3) is 0 Å². The van der Waals surface area contributed by atoms with Gasteiger partial charge in [0.05, 0.1) is 24.5 Å². The van der Waals surface area contributed by atoms with Gasteiger partial charge in [0, 0.05) is 18.8 Å². The van der Waals surface area contributed by atoms with E-state index in [1.807, 2.05) is 10.9 Å². The predicted molar refractivity (Wildman–Crippen MR) is 67.0 cm³/mol. The van der Waals surface area contributed by atoms with Gasteiger partial charge in [0.15, 0.2) is 0 Å². The van der Waals surface area contributed by atoms with Crippen molar-refractivity contribution in [2.24, 2.45) is 5.92 Å². The maximum absolute atomic E-state index is 5.61. The predicted octanol–water partition coefficient (Wildman–Crippen LogP) is 2.27. The largest absolute Gasteiger partial charge is 0.380 e. The van der Waals surface area contributed by atoms with Gasteiger partial charge < -0.3 is 10.1 Å². The quantitative estimate of drug-likeness (QED) is 0.870. The molecule has 1 saturated heterocycles. The summed E-state index contributed by atoms with van der Waals surface area (Å²) in [6.45, 7) is 4.11. The summed E-state index contributed by atoms with van der Waals surface area (Å²) in [5, 5.41) is 7.91. The van der Waals surface area contributed by atoms with Crippen molar-refractivity contribution in [3.05, 3.63) is 12.4 Å². The van der Waals surface area contributed by atoms with E-state index in [1.54, 1.807) is 0 Å². The van der Waals surface area contributed by atoms with Crippen LogP contribution in [0.15, 0.2) is 12.4 Å². The average molecular weight is 235 g/mol. The zero-order valence-electron chi connectivity index (χ0n) is 10.4. The van der Waals surface area contributed by atoms with Crippen LogP contribution in [0, 0.1) is 5.92 Å². The minimum atomic E-state index is 0.367. The Labute approximate surface area is 102 Å². The van der Waals surface area contributed by atoms with Gasteiger partial charge >= 0.3 is 0 Å². The normalized spacial score (nSPS) is 32.4. The number of hydrogen-bond donors (Lipinski definition) is 1. The van der Waals surface area contributed by atoms with Gasteiger partial charge in [-0.25, -0.2) is 0 Å². The molecule has 17 heavy (non-hydrogen) atoms. The van der Waals surface area contributed by atoms with Gasteiger partial charge in [-0.2, -0.15) is 5.10 Å². The zero-order chi connectivity index (χ0) is 11.7. The fourth-order valence-corrected chi connectivity index (χ4v) is 2.79. The number of nitrogens with one attached hydrogen (secondary N) is 1. The summed E-state index contributed by atoms with van der Waals surface area (Å²) in [7, 11) is 0. The van der Waals surface area contributed by atoms with E-state index in [4.69, 9.17) is 4.74 Å². The highest BCUT2D eigenvalue weighted by Crippen LogP contribution is 2.29. The molecule has 2 aliphatic rings. The summed E-state index contributed by atoms with van der Waals surface area (Å²) in [5.74, 6) is 0.884. The van der Waals surface area contributed by atoms with Crippen molar-refractivity contribution in [1.29, 1.82) is 0 Å². The Bertz CT molecular complexity index is 364. The molecule has 94 valence electrons. The molecule has 1 saturated carbocycles. The van der Waals surface area contributed by atoms with Crippen molar-refractivity contribution in [2.75, 3.05) is 11.9 Å². The van der Waals surface area contributed by atoms with E-state index in [9.17, 15) is 0 Å². The molecule has 1 aromatic rings. The first-order chi connectivity index (χ1) is 8.29. The molecule has 0 radical (unpaired) electrons. The van der Waals surface area contributed by atoms with Crippen LogP contribution in [-0.4, -0.2) is 28.5 Å². The number of nitrogens with zero attached hydrogens (tertiary/aromatic N) is 2. The number of hydrogen-bond acceptors (Lipinski definition) is 3. The van der Waals surface area contributed by atoms with Crippen molar-refractivity contribution >= 4 is 5.69 Å². The topological polar surface area (TPSA) is 39.1 Å². The number of anilines is 1. The van der Waals surface area contributed by atoms with E-state index in [2.05, 4.69) is 23.5 Å². The highest BCUT2D eigenvalue weighted by molar-refractivity contribution is 5.39. The van der Waals surface area contributed by atoms with Crippen molar-refractivity contribution in [1.82, 2.24) is 9.78 Å². The van der Waals surface area contributed by atoms with Crippen molar-refractivity contribution in [3.63, 3.8) is 0 Å². The third kappa shape index (κ3) is 2.63. The highest BCUT2D eigenvalue weighted by Gasteiger charge is 2.25. The van der Waals surface area contributed by atoms with E-state index < -0.39 is 0 Å². The lowest BCUT2D eigenvalue weighted by Gasteiger charge is -2.33. The van der Waals surface area contributed by atoms with Crippen LogP contribution in [0.5, 0.6) is 0 Å². The Morgan fingerprint density at radius 3 is 3.12 bits per heavy atom. The molecule has 1 aromatic heterocycles. The minimum Gasteiger partial charge on any atom is -0.380 e. The number of ether oxygens (including phenoxy) is 1. The lowest BCUT2D eigenvalue weighted by Crippen LogP contribution is -2.33. The van der Waals surface area contributed by atoms with Crippen LogP contribution >= 0.6 is 0 Å². The molecular formula is C13H21N3O. The van der Waals surface area contributed by atoms with Gasteiger partial charge in [-0.3, -0.25) is 4.68 Å². The Kier molecular flexibility index (Phi) is 3.05. The maximum Gasteiger partial charge on any atom is 0.0771 e. The third-order valence-corrected chi connectivity index (χ3v) is 3.79. The zero-order valence-corrected chi connectivity index (χ0v) is 10.4. The summed E-state index contributed by atoms with van der Waals surface area (Å²) in [6, 6.07) is 0.658. The number of aromatic nitrogens is 2. The maximum atomic E-state index is 5.61. The molecule has 1 N–H and O–H groups in total. The smallest absolute Gasteiger partial charge is 0.0771 e. The van der Waals surface area contributed by atoms with E-state index >= 15 is 0 Å². The summed E-state index contributed by atoms with van der Waals surface area (Å²) in [4.78, 5) is 0. The second kappa shape index (κ2) is 4.69. The van der Waals surface area contributed by atoms with Crippen LogP contribution in [0.4, 0.5) is 5.69 Å². The first kappa shape index (κ1) is 11.1. The molecule has 0 spiro atoms. The molecule has 0 bridgehead atoms. The molecule has 4 heteroatoms. The van der Waals surface area contributed by atoms with Crippen LogP contribution in [0.25, 0.3) is 0 Å². The first-order valence-corrected chi connectivity index (χ1v) is 6.70. The number of rotatable bonds is 4. The van der Waals surface area contributed by atoms with E-state index in [0.29, 0.717) is 12.1 Å². The molecular weight excluding hydrogens is 214 g/mol. The molecule has 3 rings (SSSR count). The lowest BCUT2D eigenvalue weighted by molar-refractivity contribution is 0.0940. The summed E-state index contributed by atoms with van der Waals surface area (Å²) in [5.41, 5.74) is 1.15. The highest BCUT2D eigenvalue weighted by atomic mass is 16.5. The second-order valence-electron chi connectivity index (χ2n) is 5.50. The average Bonchev–Trinajstić information content (AvgIpc) is 2.89. The minimum absolute atomic E-state index is 0.367. The molecule has 1 aliphatic carbocycles. The molecule has 2 fully saturated rings. The van der Waals surface area contributed by atoms with E-state index in [0.717, 1.165) is 24.8 Å². The van der Waals surface area contributed by atoms with Crippen LogP contribution in [0.1, 0.15) is 32.6 Å². The Morgan fingerprint density at radius 2 is 2.41 bits per heavy atom. The third-order valence-electron chi connectivity index (χ3n) is 3.79. The fraction of sp³-hybridized carbons (Fsp3) is 0.769. The SMILES string of the molecule is CC1CC(Nc2cnn(CC3CCCO3)c2)C1. The Balaban J connectivity index is 1.51. The first-order valence-electron chi connectivity index (χ1n) is 6.70. The van der Waals surface area contributed by atoms with Crippen molar-refractivity contribution in [2.45, 2.75) is 51.3 Å². The molecule has 4 nitrogen and oxygen atoms in total. The van der Waals surface area contributed by atoms with Crippen LogP contribution in [0.3, 0.4) is 0 Å². The summed E-state index contributed by atoms with van der Waals surface area (Å²) in [6.07, 6.45) is 9.34. The molecule has 1 aliphatic heterocycles. The lowest BCUT2D eigenvalue weighted by atomic mass is 9.82. The summed E-state index contributed by atoms with van der Waals surface area (Å²) < 4.78 is 7.61. The van der Waals surface area contributed by atoms with E-state index in [1.165, 1.54) is 25.7 Å². The van der Waals surface area contributed by atoms with Gasteiger partial charge in [0.1, 0.15) is 0 Å². The van der Waals surface area contributed by atoms with Gasteiger partial charge in [-0.15, -0.1) is 0 Å². The second-order valence-corrected chi connectivity index (χ2v) is 5.50. The van der Waals surface area contributed by atoms with Crippen LogP contribution in [-0.2, 0) is 11.3 Å². The van der Waals surface area contributed by atoms with Crippen LogP contribution in [0.2, 0.25) is 0 Å². The molecule has 2 heterocycles. The molecule has 1 unspecified atom stereocenters. The van der Waals surface area contributed by atoms with Crippen LogP contribution < -0.4 is 5.32 Å². The van der Waals surface area contributed by atoms with Crippen molar-refractivity contribution in [3.8, 4) is 0 Å². The standard InChI is InChI=1S/C13H21N3O/c1-10-5-11(6-10)15-12-7-14-16(8-12)9-13-3-2-4-17-13/h7-8,10-11,13,15H,2-6,9H2,1H3. The Hall–Kier alpha value is -1.03. The molecule has 0 aromatic carbocycles. The molecule has 0 amide bonds. The van der Waals surface area contributed by atoms with Gasteiger partial charge in [0.2, 0.25) is 0 Å². The summed E-state index contributed by atoms with van der Waals surface area (Å²) >= 11 is 0. The van der Waals surface area contributed by atoms with Gasteiger partial charge in [-0.1, -0.05) is 6.92 Å². The van der Waals surface area contributed by atoms with Crippen molar-refractivity contribution < 1.29 is 4.74 Å². The fourth-order valence-electron chi connectivity index (χ4n) is 2.79. The monoisotopic (exact) mass is 235 g/mol. The molecule has 1 atom stereocenters. The van der Waals surface area contributed by atoms with Gasteiger partial charge in [-0.05, 0) is 31.6 Å².